The first-order chi connectivity index (χ1) is 10.3. The summed E-state index contributed by atoms with van der Waals surface area (Å²) in [5.74, 6) is -4.38. The van der Waals surface area contributed by atoms with E-state index >= 15 is 0 Å². The van der Waals surface area contributed by atoms with Crippen molar-refractivity contribution in [2.45, 2.75) is 0 Å². The van der Waals surface area contributed by atoms with E-state index in [1.807, 2.05) is 0 Å². The molecule has 0 atom stereocenters. The van der Waals surface area contributed by atoms with Crippen LogP contribution in [-0.4, -0.2) is 38.1 Å². The molecule has 0 saturated carbocycles. The summed E-state index contributed by atoms with van der Waals surface area (Å²) in [6.45, 7) is 0. The zero-order valence-corrected chi connectivity index (χ0v) is 11.0. The van der Waals surface area contributed by atoms with Crippen molar-refractivity contribution in [2.24, 2.45) is 0 Å². The Balaban J connectivity index is 2.44. The van der Waals surface area contributed by atoms with Crippen LogP contribution in [0.2, 0.25) is 0 Å². The Morgan fingerprint density at radius 1 is 0.682 bits per heavy atom. The Morgan fingerprint density at radius 2 is 1.05 bits per heavy atom. The quantitative estimate of drug-likeness (QED) is 0.632. The third-order valence-corrected chi connectivity index (χ3v) is 2.98. The lowest BCUT2D eigenvalue weighted by Crippen LogP contribution is -2.05. The molecular weight excluding hydrogens is 292 g/mol. The standard InChI is InChI=1S/C15H10O7/c16-11-5-7(14(19)20)1-3-9(11)13(18)10-4-2-8(15(21)22)6-12(10)17/h1-6,16-17H,(H,19,20)(H,21,22). The molecule has 0 radical (unpaired) electrons. The minimum Gasteiger partial charge on any atom is -0.507 e. The summed E-state index contributed by atoms with van der Waals surface area (Å²) in [5, 5.41) is 37.1. The van der Waals surface area contributed by atoms with Crippen LogP contribution >= 0.6 is 0 Å². The molecule has 0 bridgehead atoms. The van der Waals surface area contributed by atoms with Crippen molar-refractivity contribution in [1.82, 2.24) is 0 Å². The summed E-state index contributed by atoms with van der Waals surface area (Å²) < 4.78 is 0. The Kier molecular flexibility index (Phi) is 3.81. The van der Waals surface area contributed by atoms with Crippen molar-refractivity contribution < 1.29 is 34.8 Å². The largest absolute Gasteiger partial charge is 0.507 e. The van der Waals surface area contributed by atoms with Crippen LogP contribution in [-0.2, 0) is 0 Å². The van der Waals surface area contributed by atoms with Gasteiger partial charge in [0, 0.05) is 0 Å². The SMILES string of the molecule is O=C(O)c1ccc(C(=O)c2ccc(C(=O)O)cc2O)c(O)c1. The molecule has 0 saturated heterocycles. The summed E-state index contributed by atoms with van der Waals surface area (Å²) in [6.07, 6.45) is 0. The van der Waals surface area contributed by atoms with Crippen molar-refractivity contribution in [3.05, 3.63) is 58.7 Å². The van der Waals surface area contributed by atoms with Crippen LogP contribution in [0.1, 0.15) is 36.6 Å². The third kappa shape index (κ3) is 2.73. The molecule has 22 heavy (non-hydrogen) atoms. The summed E-state index contributed by atoms with van der Waals surface area (Å²) in [5.41, 5.74) is -0.800. The summed E-state index contributed by atoms with van der Waals surface area (Å²) in [4.78, 5) is 33.8. The maximum atomic E-state index is 12.2. The van der Waals surface area contributed by atoms with Crippen LogP contribution < -0.4 is 0 Å². The highest BCUT2D eigenvalue weighted by atomic mass is 16.4. The predicted molar refractivity (Wildman–Crippen MR) is 73.6 cm³/mol. The molecule has 2 rings (SSSR count). The highest BCUT2D eigenvalue weighted by Crippen LogP contribution is 2.27. The molecule has 0 heterocycles. The number of carboxylic acids is 2. The van der Waals surface area contributed by atoms with E-state index in [-0.39, 0.29) is 22.3 Å². The molecule has 0 aromatic heterocycles. The average molecular weight is 302 g/mol. The van der Waals surface area contributed by atoms with Crippen LogP contribution in [0, 0.1) is 0 Å². The number of carboxylic acid groups (broad SMARTS) is 2. The van der Waals surface area contributed by atoms with Crippen molar-refractivity contribution >= 4 is 17.7 Å². The van der Waals surface area contributed by atoms with Gasteiger partial charge in [-0.1, -0.05) is 0 Å². The van der Waals surface area contributed by atoms with Crippen molar-refractivity contribution in [2.75, 3.05) is 0 Å². The van der Waals surface area contributed by atoms with Gasteiger partial charge in [0.25, 0.3) is 0 Å². The Bertz CT molecular complexity index is 727. The fourth-order valence-corrected chi connectivity index (χ4v) is 1.86. The smallest absolute Gasteiger partial charge is 0.335 e. The number of phenolic OH excluding ortho intramolecular Hbond substituents is 2. The number of carbonyl (C=O) groups is 3. The van der Waals surface area contributed by atoms with Gasteiger partial charge in [0.1, 0.15) is 11.5 Å². The van der Waals surface area contributed by atoms with Crippen LogP contribution in [0.4, 0.5) is 0 Å². The van der Waals surface area contributed by atoms with Gasteiger partial charge in [-0.25, -0.2) is 9.59 Å². The van der Waals surface area contributed by atoms with Crippen LogP contribution in [0.5, 0.6) is 11.5 Å². The normalized spacial score (nSPS) is 10.2. The van der Waals surface area contributed by atoms with Gasteiger partial charge >= 0.3 is 11.9 Å². The van der Waals surface area contributed by atoms with E-state index in [9.17, 15) is 24.6 Å². The Hall–Kier alpha value is -3.35. The van der Waals surface area contributed by atoms with Gasteiger partial charge in [-0.2, -0.15) is 0 Å². The number of aromatic hydroxyl groups is 2. The lowest BCUT2D eigenvalue weighted by molar-refractivity contribution is 0.0686. The third-order valence-electron chi connectivity index (χ3n) is 2.98. The molecule has 0 unspecified atom stereocenters. The van der Waals surface area contributed by atoms with Gasteiger partial charge in [0.2, 0.25) is 0 Å². The van der Waals surface area contributed by atoms with Crippen LogP contribution in [0.3, 0.4) is 0 Å². The molecular formula is C15H10O7. The molecule has 0 spiro atoms. The van der Waals surface area contributed by atoms with E-state index < -0.39 is 29.2 Å². The lowest BCUT2D eigenvalue weighted by Gasteiger charge is -2.07. The van der Waals surface area contributed by atoms with E-state index in [0.29, 0.717) is 0 Å². The minimum atomic E-state index is -1.26. The fourth-order valence-electron chi connectivity index (χ4n) is 1.86. The molecule has 0 aliphatic rings. The average Bonchev–Trinajstić information content (AvgIpc) is 2.46. The van der Waals surface area contributed by atoms with Gasteiger partial charge in [-0.3, -0.25) is 4.79 Å². The van der Waals surface area contributed by atoms with Crippen molar-refractivity contribution in [3.63, 3.8) is 0 Å². The number of hydrogen-bond donors (Lipinski definition) is 4. The van der Waals surface area contributed by atoms with E-state index in [1.54, 1.807) is 0 Å². The predicted octanol–water partition coefficient (Wildman–Crippen LogP) is 1.73. The lowest BCUT2D eigenvalue weighted by atomic mass is 9.99. The molecule has 2 aromatic rings. The minimum absolute atomic E-state index is 0.195. The number of phenols is 2. The summed E-state index contributed by atoms with van der Waals surface area (Å²) in [6, 6.07) is 6.34. The first kappa shape index (κ1) is 15.0. The molecule has 4 N–H and O–H groups in total. The van der Waals surface area contributed by atoms with Gasteiger partial charge < -0.3 is 20.4 Å². The maximum Gasteiger partial charge on any atom is 0.335 e. The summed E-state index contributed by atoms with van der Waals surface area (Å²) in [7, 11) is 0. The van der Waals surface area contributed by atoms with Crippen LogP contribution in [0.25, 0.3) is 0 Å². The van der Waals surface area contributed by atoms with Crippen molar-refractivity contribution in [3.8, 4) is 11.5 Å². The van der Waals surface area contributed by atoms with Gasteiger partial charge in [0.05, 0.1) is 22.3 Å². The molecule has 0 aliphatic heterocycles. The van der Waals surface area contributed by atoms with Crippen molar-refractivity contribution in [1.29, 1.82) is 0 Å². The molecule has 7 heteroatoms. The van der Waals surface area contributed by atoms with E-state index in [4.69, 9.17) is 10.2 Å². The first-order valence-corrected chi connectivity index (χ1v) is 5.98. The van der Waals surface area contributed by atoms with E-state index in [1.165, 1.54) is 0 Å². The highest BCUT2D eigenvalue weighted by Gasteiger charge is 2.19. The molecule has 0 amide bonds. The Labute approximate surface area is 123 Å². The number of benzene rings is 2. The number of aromatic carboxylic acids is 2. The molecule has 7 nitrogen and oxygen atoms in total. The van der Waals surface area contributed by atoms with E-state index in [2.05, 4.69) is 0 Å². The second-order valence-corrected chi connectivity index (χ2v) is 4.40. The number of carbonyl (C=O) groups excluding carboxylic acids is 1. The summed E-state index contributed by atoms with van der Waals surface area (Å²) >= 11 is 0. The first-order valence-electron chi connectivity index (χ1n) is 5.98. The number of ketones is 1. The number of hydrogen-bond acceptors (Lipinski definition) is 5. The van der Waals surface area contributed by atoms with Crippen LogP contribution in [0.15, 0.2) is 36.4 Å². The topological polar surface area (TPSA) is 132 Å². The van der Waals surface area contributed by atoms with Gasteiger partial charge in [0.15, 0.2) is 5.78 Å². The second kappa shape index (κ2) is 5.57. The van der Waals surface area contributed by atoms with Gasteiger partial charge in [-0.05, 0) is 36.4 Å². The monoisotopic (exact) mass is 302 g/mol. The maximum absolute atomic E-state index is 12.2. The van der Waals surface area contributed by atoms with Gasteiger partial charge in [-0.15, -0.1) is 0 Å². The zero-order chi connectivity index (χ0) is 16.4. The fraction of sp³-hybridized carbons (Fsp3) is 0. The number of rotatable bonds is 4. The molecule has 2 aromatic carbocycles. The zero-order valence-electron chi connectivity index (χ0n) is 11.0. The molecule has 0 fully saturated rings. The molecule has 112 valence electrons. The molecule has 0 aliphatic carbocycles. The van der Waals surface area contributed by atoms with E-state index in [0.717, 1.165) is 36.4 Å². The highest BCUT2D eigenvalue weighted by molar-refractivity contribution is 6.13. The second-order valence-electron chi connectivity index (χ2n) is 4.40. The Morgan fingerprint density at radius 3 is 1.32 bits per heavy atom.